The fourth-order valence-electron chi connectivity index (χ4n) is 1.22. The van der Waals surface area contributed by atoms with Crippen LogP contribution in [0.5, 0.6) is 0 Å². The lowest BCUT2D eigenvalue weighted by Gasteiger charge is -2.11. The van der Waals surface area contributed by atoms with Crippen LogP contribution >= 0.6 is 23.2 Å². The number of oxime groups is 1. The Labute approximate surface area is 115 Å². The van der Waals surface area contributed by atoms with Gasteiger partial charge in [0.25, 0.3) is 5.91 Å². The van der Waals surface area contributed by atoms with Crippen LogP contribution in [0, 0.1) is 5.92 Å². The molecule has 1 aromatic rings. The number of nitrogens with zero attached hydrogens (tertiary/aromatic N) is 1. The summed E-state index contributed by atoms with van der Waals surface area (Å²) in [7, 11) is 0. The van der Waals surface area contributed by atoms with Gasteiger partial charge in [0.2, 0.25) is 0 Å². The van der Waals surface area contributed by atoms with Crippen LogP contribution in [0.1, 0.15) is 17.3 Å². The second-order valence-corrected chi connectivity index (χ2v) is 4.60. The SMILES string of the molecule is CC(CNC(=O)c1cc(Cl)ccc1Cl)C(N)=NO. The molecule has 0 aliphatic rings. The van der Waals surface area contributed by atoms with Gasteiger partial charge in [0.15, 0.2) is 0 Å². The van der Waals surface area contributed by atoms with Crippen molar-refractivity contribution in [2.24, 2.45) is 16.8 Å². The molecule has 0 aliphatic heterocycles. The number of carbonyl (C=O) groups is 1. The molecule has 98 valence electrons. The van der Waals surface area contributed by atoms with Crippen LogP contribution in [0.25, 0.3) is 0 Å². The minimum Gasteiger partial charge on any atom is -0.409 e. The molecule has 0 aliphatic carbocycles. The zero-order valence-electron chi connectivity index (χ0n) is 9.65. The van der Waals surface area contributed by atoms with E-state index in [1.807, 2.05) is 0 Å². The van der Waals surface area contributed by atoms with E-state index < -0.39 is 0 Å². The molecule has 1 rings (SSSR count). The van der Waals surface area contributed by atoms with Crippen LogP contribution in [-0.4, -0.2) is 23.5 Å². The van der Waals surface area contributed by atoms with E-state index in [4.69, 9.17) is 34.1 Å². The summed E-state index contributed by atoms with van der Waals surface area (Å²) >= 11 is 11.7. The van der Waals surface area contributed by atoms with Gasteiger partial charge in [-0.15, -0.1) is 0 Å². The Kier molecular flexibility index (Phi) is 5.25. The first kappa shape index (κ1) is 14.6. The van der Waals surface area contributed by atoms with E-state index in [0.717, 1.165) is 0 Å². The molecule has 0 bridgehead atoms. The zero-order valence-corrected chi connectivity index (χ0v) is 11.2. The second kappa shape index (κ2) is 6.47. The van der Waals surface area contributed by atoms with Crippen molar-refractivity contribution in [3.63, 3.8) is 0 Å². The smallest absolute Gasteiger partial charge is 0.252 e. The molecule has 5 nitrogen and oxygen atoms in total. The number of hydrogen-bond acceptors (Lipinski definition) is 3. The maximum absolute atomic E-state index is 11.8. The van der Waals surface area contributed by atoms with Gasteiger partial charge in [-0.05, 0) is 18.2 Å². The van der Waals surface area contributed by atoms with Crippen molar-refractivity contribution in [3.8, 4) is 0 Å². The first-order chi connectivity index (χ1) is 8.45. The number of halogens is 2. The predicted molar refractivity (Wildman–Crippen MR) is 71.4 cm³/mol. The van der Waals surface area contributed by atoms with Crippen molar-refractivity contribution in [1.82, 2.24) is 5.32 Å². The number of nitrogens with one attached hydrogen (secondary N) is 1. The van der Waals surface area contributed by atoms with E-state index in [0.29, 0.717) is 10.0 Å². The number of amides is 1. The molecule has 0 spiro atoms. The fraction of sp³-hybridized carbons (Fsp3) is 0.273. The maximum Gasteiger partial charge on any atom is 0.252 e. The zero-order chi connectivity index (χ0) is 13.7. The van der Waals surface area contributed by atoms with Crippen molar-refractivity contribution >= 4 is 34.9 Å². The third-order valence-corrected chi connectivity index (χ3v) is 2.93. The average Bonchev–Trinajstić information content (AvgIpc) is 2.37. The van der Waals surface area contributed by atoms with Gasteiger partial charge in [-0.1, -0.05) is 35.3 Å². The highest BCUT2D eigenvalue weighted by Crippen LogP contribution is 2.20. The van der Waals surface area contributed by atoms with E-state index >= 15 is 0 Å². The summed E-state index contributed by atoms with van der Waals surface area (Å²) in [5.74, 6) is -0.593. The summed E-state index contributed by atoms with van der Waals surface area (Å²) in [4.78, 5) is 11.8. The van der Waals surface area contributed by atoms with Gasteiger partial charge in [-0.25, -0.2) is 0 Å². The number of rotatable bonds is 4. The molecule has 1 atom stereocenters. The first-order valence-corrected chi connectivity index (χ1v) is 5.92. The number of carbonyl (C=O) groups excluding carboxylic acids is 1. The molecule has 0 radical (unpaired) electrons. The van der Waals surface area contributed by atoms with E-state index in [1.54, 1.807) is 19.1 Å². The Morgan fingerprint density at radius 3 is 2.83 bits per heavy atom. The number of hydrogen-bond donors (Lipinski definition) is 3. The van der Waals surface area contributed by atoms with E-state index in [1.165, 1.54) is 6.07 Å². The van der Waals surface area contributed by atoms with Gasteiger partial charge < -0.3 is 16.3 Å². The standard InChI is InChI=1S/C11H13Cl2N3O2/c1-6(10(14)16-18)5-15-11(17)8-4-7(12)2-3-9(8)13/h2-4,6,18H,5H2,1H3,(H2,14,16)(H,15,17). The number of benzene rings is 1. The molecule has 7 heteroatoms. The summed E-state index contributed by atoms with van der Waals surface area (Å²) < 4.78 is 0. The molecule has 4 N–H and O–H groups in total. The van der Waals surface area contributed by atoms with Gasteiger partial charge in [0, 0.05) is 17.5 Å². The average molecular weight is 290 g/mol. The summed E-state index contributed by atoms with van der Waals surface area (Å²) in [5, 5.41) is 14.7. The Hall–Kier alpha value is -1.46. The second-order valence-electron chi connectivity index (χ2n) is 3.76. The van der Waals surface area contributed by atoms with Gasteiger partial charge in [-0.2, -0.15) is 0 Å². The van der Waals surface area contributed by atoms with Crippen molar-refractivity contribution < 1.29 is 10.0 Å². The Morgan fingerprint density at radius 2 is 2.22 bits per heavy atom. The molecule has 18 heavy (non-hydrogen) atoms. The lowest BCUT2D eigenvalue weighted by molar-refractivity contribution is 0.0951. The molecular formula is C11H13Cl2N3O2. The largest absolute Gasteiger partial charge is 0.409 e. The molecule has 1 aromatic carbocycles. The molecule has 0 saturated heterocycles. The van der Waals surface area contributed by atoms with Crippen LogP contribution in [-0.2, 0) is 0 Å². The minimum absolute atomic E-state index is 0.0486. The van der Waals surface area contributed by atoms with E-state index in [-0.39, 0.29) is 29.8 Å². The maximum atomic E-state index is 11.8. The topological polar surface area (TPSA) is 87.7 Å². The van der Waals surface area contributed by atoms with Gasteiger partial charge in [0.05, 0.1) is 10.6 Å². The third-order valence-electron chi connectivity index (χ3n) is 2.36. The quantitative estimate of drug-likeness (QED) is 0.343. The lowest BCUT2D eigenvalue weighted by Crippen LogP contribution is -2.34. The highest BCUT2D eigenvalue weighted by molar-refractivity contribution is 6.35. The molecule has 0 saturated carbocycles. The first-order valence-electron chi connectivity index (χ1n) is 5.16. The summed E-state index contributed by atoms with van der Waals surface area (Å²) in [6.45, 7) is 1.95. The van der Waals surface area contributed by atoms with Crippen molar-refractivity contribution in [1.29, 1.82) is 0 Å². The summed E-state index contributed by atoms with van der Waals surface area (Å²) in [5.41, 5.74) is 5.68. The van der Waals surface area contributed by atoms with Crippen molar-refractivity contribution in [2.45, 2.75) is 6.92 Å². The van der Waals surface area contributed by atoms with Crippen LogP contribution < -0.4 is 11.1 Å². The van der Waals surface area contributed by atoms with Crippen molar-refractivity contribution in [2.75, 3.05) is 6.54 Å². The molecular weight excluding hydrogens is 277 g/mol. The third kappa shape index (κ3) is 3.78. The van der Waals surface area contributed by atoms with E-state index in [2.05, 4.69) is 10.5 Å². The van der Waals surface area contributed by atoms with Crippen LogP contribution in [0.15, 0.2) is 23.4 Å². The van der Waals surface area contributed by atoms with Gasteiger partial charge in [0.1, 0.15) is 5.84 Å². The monoisotopic (exact) mass is 289 g/mol. The molecule has 0 fully saturated rings. The minimum atomic E-state index is -0.361. The van der Waals surface area contributed by atoms with Gasteiger partial charge in [-0.3, -0.25) is 4.79 Å². The van der Waals surface area contributed by atoms with Crippen LogP contribution in [0.4, 0.5) is 0 Å². The highest BCUT2D eigenvalue weighted by atomic mass is 35.5. The Bertz CT molecular complexity index is 477. The fourth-order valence-corrected chi connectivity index (χ4v) is 1.59. The summed E-state index contributed by atoms with van der Waals surface area (Å²) in [6, 6.07) is 4.62. The van der Waals surface area contributed by atoms with Crippen LogP contribution in [0.3, 0.4) is 0 Å². The Morgan fingerprint density at radius 1 is 1.56 bits per heavy atom. The number of amidine groups is 1. The molecule has 0 aromatic heterocycles. The summed E-state index contributed by atoms with van der Waals surface area (Å²) in [6.07, 6.45) is 0. The lowest BCUT2D eigenvalue weighted by atomic mass is 10.1. The van der Waals surface area contributed by atoms with Crippen molar-refractivity contribution in [3.05, 3.63) is 33.8 Å². The number of nitrogens with two attached hydrogens (primary N) is 1. The predicted octanol–water partition coefficient (Wildman–Crippen LogP) is 2.11. The highest BCUT2D eigenvalue weighted by Gasteiger charge is 2.13. The van der Waals surface area contributed by atoms with E-state index in [9.17, 15) is 4.79 Å². The van der Waals surface area contributed by atoms with Crippen LogP contribution in [0.2, 0.25) is 10.0 Å². The molecule has 1 unspecified atom stereocenters. The molecule has 1 amide bonds. The Balaban J connectivity index is 2.69. The van der Waals surface area contributed by atoms with Gasteiger partial charge >= 0.3 is 0 Å². The molecule has 0 heterocycles. The normalized spacial score (nSPS) is 13.2.